The Morgan fingerprint density at radius 1 is 1.17 bits per heavy atom. The molecule has 1 aliphatic heterocycles. The van der Waals surface area contributed by atoms with Gasteiger partial charge in [0.1, 0.15) is 5.25 Å². The normalized spacial score (nSPS) is 27.5. The van der Waals surface area contributed by atoms with Crippen LogP contribution >= 0.6 is 10.7 Å². The monoisotopic (exact) mass is 293 g/mol. The third kappa shape index (κ3) is 3.60. The second-order valence-electron chi connectivity index (χ2n) is 5.46. The highest BCUT2D eigenvalue weighted by Gasteiger charge is 2.37. The Morgan fingerprint density at radius 2 is 1.78 bits per heavy atom. The van der Waals surface area contributed by atoms with Crippen LogP contribution in [0.2, 0.25) is 0 Å². The van der Waals surface area contributed by atoms with Crippen molar-refractivity contribution in [1.82, 2.24) is 4.90 Å². The smallest absolute Gasteiger partial charge is 0.237 e. The fourth-order valence-electron chi connectivity index (χ4n) is 2.96. The molecule has 0 aromatic carbocycles. The minimum Gasteiger partial charge on any atom is -0.341 e. The topological polar surface area (TPSA) is 54.5 Å². The number of carbonyl (C=O) groups excluding carboxylic acids is 1. The summed E-state index contributed by atoms with van der Waals surface area (Å²) in [5, 5.41) is -0.711. The molecule has 0 aromatic heterocycles. The van der Waals surface area contributed by atoms with Crippen LogP contribution in [0.3, 0.4) is 0 Å². The third-order valence-electron chi connectivity index (χ3n) is 4.03. The summed E-state index contributed by atoms with van der Waals surface area (Å²) in [5.74, 6) is 0.474. The maximum atomic E-state index is 11.8. The molecule has 1 atom stereocenters. The number of amides is 1. The van der Waals surface area contributed by atoms with Crippen molar-refractivity contribution in [3.8, 4) is 0 Å². The predicted octanol–water partition coefficient (Wildman–Crippen LogP) is 2.13. The average Bonchev–Trinajstić information content (AvgIpc) is 2.51. The molecular formula is C12H20ClNO3S. The number of carbonyl (C=O) groups is 1. The van der Waals surface area contributed by atoms with Crippen LogP contribution in [0, 0.1) is 5.92 Å². The van der Waals surface area contributed by atoms with Gasteiger partial charge in [0.05, 0.1) is 0 Å². The van der Waals surface area contributed by atoms with Crippen LogP contribution in [0.4, 0.5) is 0 Å². The van der Waals surface area contributed by atoms with Gasteiger partial charge in [-0.25, -0.2) is 8.42 Å². The lowest BCUT2D eigenvalue weighted by molar-refractivity contribution is -0.128. The van der Waals surface area contributed by atoms with Crippen molar-refractivity contribution in [1.29, 1.82) is 0 Å². The summed E-state index contributed by atoms with van der Waals surface area (Å²) in [6.45, 7) is 0.989. The Morgan fingerprint density at radius 3 is 2.28 bits per heavy atom. The summed E-state index contributed by atoms with van der Waals surface area (Å²) < 4.78 is 22.5. The molecular weight excluding hydrogens is 274 g/mol. The van der Waals surface area contributed by atoms with E-state index in [0.717, 1.165) is 12.8 Å². The molecule has 1 amide bonds. The highest BCUT2D eigenvalue weighted by Crippen LogP contribution is 2.27. The Kier molecular flexibility index (Phi) is 4.54. The van der Waals surface area contributed by atoms with Gasteiger partial charge in [-0.3, -0.25) is 4.79 Å². The minimum absolute atomic E-state index is 0.0541. The van der Waals surface area contributed by atoms with Crippen molar-refractivity contribution in [2.75, 3.05) is 13.1 Å². The second kappa shape index (κ2) is 5.78. The highest BCUT2D eigenvalue weighted by atomic mass is 35.7. The summed E-state index contributed by atoms with van der Waals surface area (Å²) in [6, 6.07) is 0. The lowest BCUT2D eigenvalue weighted by atomic mass is 10.00. The number of nitrogens with zero attached hydrogens (tertiary/aromatic N) is 1. The zero-order valence-corrected chi connectivity index (χ0v) is 12.0. The number of likely N-dealkylation sites (tertiary alicyclic amines) is 1. The largest absolute Gasteiger partial charge is 0.341 e. The Hall–Kier alpha value is -0.290. The molecule has 0 spiro atoms. The predicted molar refractivity (Wildman–Crippen MR) is 70.9 cm³/mol. The van der Waals surface area contributed by atoms with Gasteiger partial charge in [0.2, 0.25) is 15.0 Å². The van der Waals surface area contributed by atoms with E-state index in [9.17, 15) is 13.2 Å². The highest BCUT2D eigenvalue weighted by molar-refractivity contribution is 8.14. The maximum absolute atomic E-state index is 11.8. The molecule has 1 saturated carbocycles. The van der Waals surface area contributed by atoms with Gasteiger partial charge in [-0.15, -0.1) is 0 Å². The molecule has 104 valence electrons. The van der Waals surface area contributed by atoms with E-state index in [1.54, 1.807) is 4.90 Å². The Labute approximate surface area is 113 Å². The number of rotatable bonds is 3. The van der Waals surface area contributed by atoms with Crippen LogP contribution in [0.15, 0.2) is 0 Å². The van der Waals surface area contributed by atoms with E-state index in [1.807, 2.05) is 0 Å². The van der Waals surface area contributed by atoms with Crippen molar-refractivity contribution in [2.45, 2.75) is 50.2 Å². The van der Waals surface area contributed by atoms with Crippen molar-refractivity contribution >= 4 is 25.6 Å². The van der Waals surface area contributed by atoms with Crippen LogP contribution in [0.5, 0.6) is 0 Å². The third-order valence-corrected chi connectivity index (χ3v) is 5.90. The van der Waals surface area contributed by atoms with Gasteiger partial charge >= 0.3 is 0 Å². The molecule has 0 bridgehead atoms. The molecule has 0 aromatic rings. The van der Waals surface area contributed by atoms with Gasteiger partial charge < -0.3 is 4.90 Å². The van der Waals surface area contributed by atoms with Crippen LogP contribution < -0.4 is 0 Å². The SMILES string of the molecule is O=C1CC(S(=O)(=O)Cl)CN1CC1CCCCCC1. The van der Waals surface area contributed by atoms with Gasteiger partial charge in [0.15, 0.2) is 0 Å². The molecule has 6 heteroatoms. The zero-order chi connectivity index (χ0) is 13.2. The van der Waals surface area contributed by atoms with Gasteiger partial charge in [0, 0.05) is 30.2 Å². The van der Waals surface area contributed by atoms with Gasteiger partial charge in [-0.2, -0.15) is 0 Å². The molecule has 1 saturated heterocycles. The summed E-state index contributed by atoms with van der Waals surface area (Å²) in [7, 11) is 1.73. The summed E-state index contributed by atoms with van der Waals surface area (Å²) >= 11 is 0. The van der Waals surface area contributed by atoms with Crippen LogP contribution in [-0.2, 0) is 13.8 Å². The standard InChI is InChI=1S/C12H20ClNO3S/c13-18(16,17)11-7-12(15)14(9-11)8-10-5-3-1-2-4-6-10/h10-11H,1-9H2. The zero-order valence-electron chi connectivity index (χ0n) is 10.5. The van der Waals surface area contributed by atoms with Crippen molar-refractivity contribution in [3.05, 3.63) is 0 Å². The molecule has 1 heterocycles. The van der Waals surface area contributed by atoms with E-state index in [0.29, 0.717) is 12.5 Å². The van der Waals surface area contributed by atoms with Crippen molar-refractivity contribution < 1.29 is 13.2 Å². The average molecular weight is 294 g/mol. The summed E-state index contributed by atoms with van der Waals surface area (Å²) in [6.07, 6.45) is 7.38. The quantitative estimate of drug-likeness (QED) is 0.592. The maximum Gasteiger partial charge on any atom is 0.237 e. The second-order valence-corrected chi connectivity index (χ2v) is 8.37. The van der Waals surface area contributed by atoms with E-state index in [-0.39, 0.29) is 18.9 Å². The fraction of sp³-hybridized carbons (Fsp3) is 0.917. The van der Waals surface area contributed by atoms with Gasteiger partial charge in [-0.05, 0) is 18.8 Å². The molecule has 1 aliphatic carbocycles. The molecule has 2 rings (SSSR count). The summed E-state index contributed by atoms with van der Waals surface area (Å²) in [5.41, 5.74) is 0. The number of hydrogen-bond donors (Lipinski definition) is 0. The van der Waals surface area contributed by atoms with Crippen LogP contribution in [0.1, 0.15) is 44.9 Å². The first-order valence-corrected chi connectivity index (χ1v) is 9.05. The first-order valence-electron chi connectivity index (χ1n) is 6.68. The Bertz CT molecular complexity index is 402. The Balaban J connectivity index is 1.91. The molecule has 2 fully saturated rings. The lowest BCUT2D eigenvalue weighted by Gasteiger charge is -2.22. The lowest BCUT2D eigenvalue weighted by Crippen LogP contribution is -2.32. The molecule has 2 aliphatic rings. The number of hydrogen-bond acceptors (Lipinski definition) is 3. The molecule has 18 heavy (non-hydrogen) atoms. The first-order chi connectivity index (χ1) is 8.47. The van der Waals surface area contributed by atoms with E-state index < -0.39 is 14.3 Å². The van der Waals surface area contributed by atoms with Crippen molar-refractivity contribution in [3.63, 3.8) is 0 Å². The van der Waals surface area contributed by atoms with E-state index in [1.165, 1.54) is 25.7 Å². The molecule has 1 unspecified atom stereocenters. The van der Waals surface area contributed by atoms with E-state index in [2.05, 4.69) is 0 Å². The fourth-order valence-corrected chi connectivity index (χ4v) is 4.02. The van der Waals surface area contributed by atoms with Gasteiger partial charge in [-0.1, -0.05) is 25.7 Å². The molecule has 0 N–H and O–H groups in total. The van der Waals surface area contributed by atoms with E-state index >= 15 is 0 Å². The summed E-state index contributed by atoms with van der Waals surface area (Å²) in [4.78, 5) is 13.5. The van der Waals surface area contributed by atoms with Crippen LogP contribution in [0.25, 0.3) is 0 Å². The number of halogens is 1. The molecule has 0 radical (unpaired) electrons. The van der Waals surface area contributed by atoms with E-state index in [4.69, 9.17) is 10.7 Å². The minimum atomic E-state index is -3.61. The van der Waals surface area contributed by atoms with Gasteiger partial charge in [0.25, 0.3) is 0 Å². The van der Waals surface area contributed by atoms with Crippen LogP contribution in [-0.4, -0.2) is 37.6 Å². The van der Waals surface area contributed by atoms with Crippen molar-refractivity contribution in [2.24, 2.45) is 5.92 Å². The first kappa shape index (κ1) is 14.1. The molecule has 4 nitrogen and oxygen atoms in total.